The molecule has 1 saturated heterocycles. The van der Waals surface area contributed by atoms with Crippen molar-refractivity contribution in [3.8, 4) is 0 Å². The fraction of sp³-hybridized carbons (Fsp3) is 0.167. The van der Waals surface area contributed by atoms with E-state index < -0.39 is 17.5 Å². The van der Waals surface area contributed by atoms with Crippen LogP contribution < -0.4 is 5.32 Å². The molecule has 24 heavy (non-hydrogen) atoms. The van der Waals surface area contributed by atoms with E-state index in [0.717, 1.165) is 4.90 Å². The number of amidine groups is 1. The summed E-state index contributed by atoms with van der Waals surface area (Å²) in [5.41, 5.74) is -0.242. The maximum Gasteiger partial charge on any atom is 0.417 e. The van der Waals surface area contributed by atoms with Gasteiger partial charge in [-0.05, 0) is 38.1 Å². The molecule has 2 aromatic carbocycles. The number of rotatable bonds is 2. The number of nitrogens with zero attached hydrogens (tertiary/aromatic N) is 2. The smallest absolute Gasteiger partial charge is 0.417 e. The second kappa shape index (κ2) is 5.81. The standard InChI is InChI=1S/C18H17N3O3/c1-18(2)16(22)20(17(23)19-18)15(13-9-5-3-6-10-13)21(24)14-11-7-4-8-12-14/h3-12H,1-2H3,(H,19,23)/b21-15-. The van der Waals surface area contributed by atoms with Crippen molar-refractivity contribution in [2.45, 2.75) is 19.4 Å². The van der Waals surface area contributed by atoms with Crippen LogP contribution in [-0.4, -0.2) is 33.0 Å². The molecule has 0 radical (unpaired) electrons. The van der Waals surface area contributed by atoms with Crippen LogP contribution in [0.2, 0.25) is 0 Å². The van der Waals surface area contributed by atoms with Crippen molar-refractivity contribution in [3.63, 3.8) is 0 Å². The molecule has 0 saturated carbocycles. The maximum absolute atomic E-state index is 12.9. The molecule has 0 atom stereocenters. The van der Waals surface area contributed by atoms with E-state index >= 15 is 0 Å². The summed E-state index contributed by atoms with van der Waals surface area (Å²) in [6, 6.07) is 16.5. The number of para-hydroxylation sites is 1. The van der Waals surface area contributed by atoms with Gasteiger partial charge >= 0.3 is 17.8 Å². The monoisotopic (exact) mass is 323 g/mol. The molecule has 2 aromatic rings. The highest BCUT2D eigenvalue weighted by molar-refractivity contribution is 6.22. The summed E-state index contributed by atoms with van der Waals surface area (Å²) < 4.78 is 0.605. The predicted octanol–water partition coefficient (Wildman–Crippen LogP) is 2.61. The lowest BCUT2D eigenvalue weighted by Gasteiger charge is -2.18. The Balaban J connectivity index is 2.22. The maximum atomic E-state index is 12.9. The molecule has 3 amide bonds. The van der Waals surface area contributed by atoms with Crippen LogP contribution in [0.3, 0.4) is 0 Å². The highest BCUT2D eigenvalue weighted by Crippen LogP contribution is 2.22. The van der Waals surface area contributed by atoms with Crippen LogP contribution in [0.4, 0.5) is 10.5 Å². The van der Waals surface area contributed by atoms with Gasteiger partial charge in [-0.2, -0.15) is 0 Å². The fourth-order valence-corrected chi connectivity index (χ4v) is 2.55. The van der Waals surface area contributed by atoms with E-state index in [0.29, 0.717) is 16.0 Å². The van der Waals surface area contributed by atoms with Crippen LogP contribution in [-0.2, 0) is 4.79 Å². The molecule has 0 unspecified atom stereocenters. The molecular weight excluding hydrogens is 306 g/mol. The molecule has 1 heterocycles. The Morgan fingerprint density at radius 2 is 1.54 bits per heavy atom. The van der Waals surface area contributed by atoms with Crippen molar-refractivity contribution in [1.82, 2.24) is 10.2 Å². The van der Waals surface area contributed by atoms with Gasteiger partial charge < -0.3 is 10.5 Å². The number of amides is 3. The number of imide groups is 1. The third kappa shape index (κ3) is 2.62. The van der Waals surface area contributed by atoms with Crippen molar-refractivity contribution in [2.24, 2.45) is 0 Å². The van der Waals surface area contributed by atoms with Crippen LogP contribution in [0.1, 0.15) is 19.4 Å². The van der Waals surface area contributed by atoms with E-state index in [1.807, 2.05) is 0 Å². The zero-order valence-corrected chi connectivity index (χ0v) is 13.4. The van der Waals surface area contributed by atoms with E-state index in [2.05, 4.69) is 5.32 Å². The van der Waals surface area contributed by atoms with E-state index in [1.54, 1.807) is 74.5 Å². The van der Waals surface area contributed by atoms with Gasteiger partial charge in [-0.25, -0.2) is 14.3 Å². The Morgan fingerprint density at radius 3 is 2.04 bits per heavy atom. The van der Waals surface area contributed by atoms with Gasteiger partial charge in [0.05, 0.1) is 5.56 Å². The number of hydrogen-bond donors (Lipinski definition) is 1. The van der Waals surface area contributed by atoms with Crippen molar-refractivity contribution in [3.05, 3.63) is 71.4 Å². The Kier molecular flexibility index (Phi) is 3.81. The number of carbonyl (C=O) groups excluding carboxylic acids is 2. The topological polar surface area (TPSA) is 75.5 Å². The first-order chi connectivity index (χ1) is 11.4. The summed E-state index contributed by atoms with van der Waals surface area (Å²) in [7, 11) is 0. The van der Waals surface area contributed by atoms with Gasteiger partial charge in [0.25, 0.3) is 0 Å². The van der Waals surface area contributed by atoms with Crippen LogP contribution in [0.25, 0.3) is 0 Å². The minimum absolute atomic E-state index is 0.0186. The number of carbonyl (C=O) groups is 2. The van der Waals surface area contributed by atoms with Crippen molar-refractivity contribution >= 4 is 23.5 Å². The van der Waals surface area contributed by atoms with Crippen molar-refractivity contribution in [1.29, 1.82) is 0 Å². The summed E-state index contributed by atoms with van der Waals surface area (Å²) >= 11 is 0. The zero-order valence-electron chi connectivity index (χ0n) is 13.4. The third-order valence-electron chi connectivity index (χ3n) is 3.79. The summed E-state index contributed by atoms with van der Waals surface area (Å²) in [5, 5.41) is 15.5. The first-order valence-corrected chi connectivity index (χ1v) is 7.53. The second-order valence-corrected chi connectivity index (χ2v) is 6.02. The average molecular weight is 323 g/mol. The molecule has 1 fully saturated rings. The quantitative estimate of drug-likeness (QED) is 0.230. The van der Waals surface area contributed by atoms with Crippen LogP contribution in [0.5, 0.6) is 0 Å². The number of urea groups is 1. The molecule has 0 aromatic heterocycles. The molecule has 0 aliphatic carbocycles. The molecule has 6 heteroatoms. The number of hydrogen-bond acceptors (Lipinski definition) is 3. The molecular formula is C18H17N3O3. The Hall–Kier alpha value is -3.15. The molecule has 1 aliphatic rings. The molecule has 1 N–H and O–H groups in total. The van der Waals surface area contributed by atoms with Gasteiger partial charge in [0.1, 0.15) is 11.2 Å². The summed E-state index contributed by atoms with van der Waals surface area (Å²) in [6.07, 6.45) is 0. The molecule has 1 aliphatic heterocycles. The Labute approximate surface area is 139 Å². The number of nitrogens with one attached hydrogen (secondary N) is 1. The predicted molar refractivity (Wildman–Crippen MR) is 89.7 cm³/mol. The largest absolute Gasteiger partial charge is 0.710 e. The second-order valence-electron chi connectivity index (χ2n) is 6.02. The van der Waals surface area contributed by atoms with E-state index in [-0.39, 0.29) is 5.84 Å². The number of benzene rings is 2. The van der Waals surface area contributed by atoms with Gasteiger partial charge in [-0.15, -0.1) is 4.90 Å². The minimum atomic E-state index is -1.06. The highest BCUT2D eigenvalue weighted by Gasteiger charge is 2.53. The van der Waals surface area contributed by atoms with Gasteiger partial charge in [0, 0.05) is 0 Å². The summed E-state index contributed by atoms with van der Waals surface area (Å²) in [5.74, 6) is -0.488. The van der Waals surface area contributed by atoms with Gasteiger partial charge in [0.15, 0.2) is 0 Å². The summed E-state index contributed by atoms with van der Waals surface area (Å²) in [6.45, 7) is 3.21. The lowest BCUT2D eigenvalue weighted by molar-refractivity contribution is -0.365. The molecule has 6 nitrogen and oxygen atoms in total. The van der Waals surface area contributed by atoms with Crippen molar-refractivity contribution < 1.29 is 14.3 Å². The molecule has 122 valence electrons. The molecule has 3 rings (SSSR count). The minimum Gasteiger partial charge on any atom is -0.710 e. The summed E-state index contributed by atoms with van der Waals surface area (Å²) in [4.78, 5) is 25.9. The SMILES string of the molecule is CC1(C)NC(=O)N(/C(c2ccccc2)=[N+](\[O-])c2ccccc2)C1=O. The lowest BCUT2D eigenvalue weighted by atomic mass is 10.1. The van der Waals surface area contributed by atoms with Crippen LogP contribution in [0.15, 0.2) is 60.7 Å². The van der Waals surface area contributed by atoms with Gasteiger partial charge in [-0.1, -0.05) is 36.4 Å². The molecule has 0 bridgehead atoms. The van der Waals surface area contributed by atoms with Gasteiger partial charge in [-0.3, -0.25) is 0 Å². The third-order valence-corrected chi connectivity index (χ3v) is 3.79. The van der Waals surface area contributed by atoms with E-state index in [1.165, 1.54) is 0 Å². The Bertz CT molecular complexity index is 814. The van der Waals surface area contributed by atoms with Gasteiger partial charge in [0.2, 0.25) is 0 Å². The molecule has 0 spiro atoms. The normalized spacial score (nSPS) is 17.5. The van der Waals surface area contributed by atoms with Crippen LogP contribution >= 0.6 is 0 Å². The fourth-order valence-electron chi connectivity index (χ4n) is 2.55. The lowest BCUT2D eigenvalue weighted by Crippen LogP contribution is -2.43. The van der Waals surface area contributed by atoms with Crippen molar-refractivity contribution in [2.75, 3.05) is 0 Å². The zero-order chi connectivity index (χ0) is 17.3. The van der Waals surface area contributed by atoms with E-state index in [9.17, 15) is 14.8 Å². The first-order valence-electron chi connectivity index (χ1n) is 7.53. The first kappa shape index (κ1) is 15.7. The average Bonchev–Trinajstić information content (AvgIpc) is 2.78. The van der Waals surface area contributed by atoms with Crippen LogP contribution in [0, 0.1) is 5.21 Å². The van der Waals surface area contributed by atoms with E-state index in [4.69, 9.17) is 0 Å². The Morgan fingerprint density at radius 1 is 1.00 bits per heavy atom. The highest BCUT2D eigenvalue weighted by atomic mass is 16.5.